The standard InChI is InChI=1S/C13H19BrN2O3S/c1-19-12-7-10(14)11(15)8-13(12)20(17,18)16-6-5-9-3-2-4-9/h7-9,16H,2-6,15H2,1H3. The molecule has 0 aliphatic heterocycles. The average molecular weight is 363 g/mol. The lowest BCUT2D eigenvalue weighted by Gasteiger charge is -2.25. The number of nitrogens with one attached hydrogen (secondary N) is 1. The van der Waals surface area contributed by atoms with E-state index in [9.17, 15) is 8.42 Å². The van der Waals surface area contributed by atoms with E-state index < -0.39 is 10.0 Å². The topological polar surface area (TPSA) is 81.4 Å². The summed E-state index contributed by atoms with van der Waals surface area (Å²) in [7, 11) is -2.16. The Labute approximate surface area is 128 Å². The van der Waals surface area contributed by atoms with Gasteiger partial charge >= 0.3 is 0 Å². The second kappa shape index (κ2) is 6.32. The number of hydrogen-bond donors (Lipinski definition) is 2. The van der Waals surface area contributed by atoms with Gasteiger partial charge in [-0.1, -0.05) is 19.3 Å². The molecule has 0 saturated heterocycles. The minimum Gasteiger partial charge on any atom is -0.495 e. The van der Waals surface area contributed by atoms with Crippen LogP contribution >= 0.6 is 15.9 Å². The van der Waals surface area contributed by atoms with Gasteiger partial charge in [0.2, 0.25) is 10.0 Å². The first-order chi connectivity index (χ1) is 9.44. The molecule has 0 atom stereocenters. The van der Waals surface area contributed by atoms with Gasteiger partial charge in [-0.25, -0.2) is 13.1 Å². The Hall–Kier alpha value is -0.790. The SMILES string of the molecule is COc1cc(Br)c(N)cc1S(=O)(=O)NCCC1CCC1. The lowest BCUT2D eigenvalue weighted by atomic mass is 9.83. The number of benzene rings is 1. The van der Waals surface area contributed by atoms with Gasteiger partial charge in [0.05, 0.1) is 7.11 Å². The van der Waals surface area contributed by atoms with E-state index in [2.05, 4.69) is 20.7 Å². The molecule has 0 unspecified atom stereocenters. The third-order valence-electron chi connectivity index (χ3n) is 3.64. The van der Waals surface area contributed by atoms with Crippen LogP contribution in [-0.4, -0.2) is 22.1 Å². The van der Waals surface area contributed by atoms with E-state index in [0.717, 1.165) is 6.42 Å². The summed E-state index contributed by atoms with van der Waals surface area (Å²) in [6.07, 6.45) is 4.55. The third kappa shape index (κ3) is 3.45. The first kappa shape index (κ1) is 15.6. The first-order valence-electron chi connectivity index (χ1n) is 6.56. The van der Waals surface area contributed by atoms with Crippen molar-refractivity contribution in [1.29, 1.82) is 0 Å². The van der Waals surface area contributed by atoms with E-state index >= 15 is 0 Å². The molecule has 5 nitrogen and oxygen atoms in total. The lowest BCUT2D eigenvalue weighted by Crippen LogP contribution is -2.28. The fourth-order valence-electron chi connectivity index (χ4n) is 2.18. The molecule has 112 valence electrons. The fraction of sp³-hybridized carbons (Fsp3) is 0.538. The van der Waals surface area contributed by atoms with E-state index in [1.165, 1.54) is 32.4 Å². The highest BCUT2D eigenvalue weighted by molar-refractivity contribution is 9.10. The summed E-state index contributed by atoms with van der Waals surface area (Å²) in [6.45, 7) is 0.451. The minimum absolute atomic E-state index is 0.0781. The van der Waals surface area contributed by atoms with E-state index in [-0.39, 0.29) is 10.6 Å². The second-order valence-corrected chi connectivity index (χ2v) is 7.60. The highest BCUT2D eigenvalue weighted by Crippen LogP contribution is 2.32. The van der Waals surface area contributed by atoms with Crippen LogP contribution in [0.15, 0.2) is 21.5 Å². The summed E-state index contributed by atoms with van der Waals surface area (Å²) in [5.41, 5.74) is 6.12. The number of nitrogen functional groups attached to an aromatic ring is 1. The van der Waals surface area contributed by atoms with Gasteiger partial charge in [0.25, 0.3) is 0 Å². The molecule has 1 fully saturated rings. The zero-order valence-electron chi connectivity index (χ0n) is 11.4. The van der Waals surface area contributed by atoms with Crippen LogP contribution < -0.4 is 15.2 Å². The van der Waals surface area contributed by atoms with Gasteiger partial charge in [0.15, 0.2) is 0 Å². The smallest absolute Gasteiger partial charge is 0.244 e. The number of sulfonamides is 1. The number of nitrogens with two attached hydrogens (primary N) is 1. The Morgan fingerprint density at radius 1 is 1.45 bits per heavy atom. The maximum absolute atomic E-state index is 12.3. The third-order valence-corrected chi connectivity index (χ3v) is 5.81. The van der Waals surface area contributed by atoms with Gasteiger partial charge in [0.1, 0.15) is 10.6 Å². The van der Waals surface area contributed by atoms with E-state index in [1.807, 2.05) is 0 Å². The van der Waals surface area contributed by atoms with Crippen molar-refractivity contribution in [3.8, 4) is 5.75 Å². The number of hydrogen-bond acceptors (Lipinski definition) is 4. The van der Waals surface area contributed by atoms with Crippen LogP contribution in [0.25, 0.3) is 0 Å². The van der Waals surface area contributed by atoms with Gasteiger partial charge in [-0.05, 0) is 40.4 Å². The van der Waals surface area contributed by atoms with Gasteiger partial charge in [0, 0.05) is 16.7 Å². The quantitative estimate of drug-likeness (QED) is 0.761. The number of rotatable bonds is 6. The molecule has 3 N–H and O–H groups in total. The monoisotopic (exact) mass is 362 g/mol. The normalized spacial score (nSPS) is 15.9. The first-order valence-corrected chi connectivity index (χ1v) is 8.84. The van der Waals surface area contributed by atoms with Crippen LogP contribution in [0.5, 0.6) is 5.75 Å². The van der Waals surface area contributed by atoms with Gasteiger partial charge in [-0.2, -0.15) is 0 Å². The largest absolute Gasteiger partial charge is 0.495 e. The number of halogens is 1. The molecule has 20 heavy (non-hydrogen) atoms. The summed E-state index contributed by atoms with van der Waals surface area (Å²) < 4.78 is 33.0. The molecule has 1 saturated carbocycles. The van der Waals surface area contributed by atoms with E-state index in [4.69, 9.17) is 10.5 Å². The Morgan fingerprint density at radius 3 is 2.70 bits per heavy atom. The minimum atomic E-state index is -3.60. The Balaban J connectivity index is 2.13. The van der Waals surface area contributed by atoms with Crippen molar-refractivity contribution >= 4 is 31.6 Å². The molecule has 1 aliphatic rings. The molecular formula is C13H19BrN2O3S. The Morgan fingerprint density at radius 2 is 2.15 bits per heavy atom. The number of anilines is 1. The molecule has 0 spiro atoms. The Bertz CT molecular complexity index is 586. The van der Waals surface area contributed by atoms with Crippen LogP contribution in [-0.2, 0) is 10.0 Å². The van der Waals surface area contributed by atoms with Crippen molar-refractivity contribution in [2.24, 2.45) is 5.92 Å². The molecule has 2 rings (SSSR count). The zero-order chi connectivity index (χ0) is 14.8. The predicted molar refractivity (Wildman–Crippen MR) is 82.3 cm³/mol. The van der Waals surface area contributed by atoms with Crippen LogP contribution in [0.3, 0.4) is 0 Å². The number of methoxy groups -OCH3 is 1. The van der Waals surface area contributed by atoms with Gasteiger partial charge < -0.3 is 10.5 Å². The molecule has 0 bridgehead atoms. The molecular weight excluding hydrogens is 344 g/mol. The highest BCUT2D eigenvalue weighted by Gasteiger charge is 2.22. The molecule has 7 heteroatoms. The average Bonchev–Trinajstić information content (AvgIpc) is 2.35. The summed E-state index contributed by atoms with van der Waals surface area (Å²) >= 11 is 3.26. The zero-order valence-corrected chi connectivity index (χ0v) is 13.8. The predicted octanol–water partition coefficient (Wildman–Crippen LogP) is 2.51. The molecule has 1 aliphatic carbocycles. The fourth-order valence-corrected chi connectivity index (χ4v) is 3.73. The lowest BCUT2D eigenvalue weighted by molar-refractivity contribution is 0.297. The van der Waals surface area contributed by atoms with Gasteiger partial charge in [-0.3, -0.25) is 0 Å². The van der Waals surface area contributed by atoms with Crippen LogP contribution in [0.1, 0.15) is 25.7 Å². The van der Waals surface area contributed by atoms with Crippen molar-refractivity contribution in [2.75, 3.05) is 19.4 Å². The Kier molecular flexibility index (Phi) is 4.93. The summed E-state index contributed by atoms with van der Waals surface area (Å²) in [6, 6.07) is 2.98. The molecule has 1 aromatic carbocycles. The van der Waals surface area contributed by atoms with Crippen molar-refractivity contribution in [2.45, 2.75) is 30.6 Å². The number of ether oxygens (including phenoxy) is 1. The van der Waals surface area contributed by atoms with Crippen LogP contribution in [0.2, 0.25) is 0 Å². The van der Waals surface area contributed by atoms with E-state index in [0.29, 0.717) is 22.6 Å². The van der Waals surface area contributed by atoms with Gasteiger partial charge in [-0.15, -0.1) is 0 Å². The second-order valence-electron chi connectivity index (χ2n) is 5.01. The molecule has 0 amide bonds. The van der Waals surface area contributed by atoms with Crippen molar-refractivity contribution in [3.63, 3.8) is 0 Å². The maximum Gasteiger partial charge on any atom is 0.244 e. The van der Waals surface area contributed by atoms with Crippen LogP contribution in [0.4, 0.5) is 5.69 Å². The summed E-state index contributed by atoms with van der Waals surface area (Å²) in [5, 5.41) is 0. The molecule has 0 heterocycles. The van der Waals surface area contributed by atoms with E-state index in [1.54, 1.807) is 6.07 Å². The van der Waals surface area contributed by atoms with Crippen molar-refractivity contribution in [3.05, 3.63) is 16.6 Å². The van der Waals surface area contributed by atoms with Crippen molar-refractivity contribution < 1.29 is 13.2 Å². The summed E-state index contributed by atoms with van der Waals surface area (Å²) in [5.74, 6) is 0.941. The molecule has 0 aromatic heterocycles. The molecule has 0 radical (unpaired) electrons. The summed E-state index contributed by atoms with van der Waals surface area (Å²) in [4.78, 5) is 0.0781. The van der Waals surface area contributed by atoms with Crippen LogP contribution in [0, 0.1) is 5.92 Å². The highest BCUT2D eigenvalue weighted by atomic mass is 79.9. The molecule has 1 aromatic rings. The maximum atomic E-state index is 12.3. The van der Waals surface area contributed by atoms with Crippen molar-refractivity contribution in [1.82, 2.24) is 4.72 Å².